The second kappa shape index (κ2) is 5.23. The summed E-state index contributed by atoms with van der Waals surface area (Å²) >= 11 is 0. The van der Waals surface area contributed by atoms with Gasteiger partial charge in [-0.2, -0.15) is 0 Å². The lowest BCUT2D eigenvalue weighted by Crippen LogP contribution is -2.52. The number of likely N-dealkylation sites (tertiary alicyclic amines) is 1. The fraction of sp³-hybridized carbons (Fsp3) is 0.625. The molecule has 1 rings (SSSR count). The Morgan fingerprint density at radius 1 is 1.12 bits per heavy atom. The topological polar surface area (TPSA) is 145 Å². The van der Waals surface area contributed by atoms with Crippen LogP contribution >= 0.6 is 0 Å². The van der Waals surface area contributed by atoms with Gasteiger partial charge in [0.2, 0.25) is 0 Å². The van der Waals surface area contributed by atoms with Gasteiger partial charge in [-0.15, -0.1) is 0 Å². The van der Waals surface area contributed by atoms with Crippen molar-refractivity contribution in [3.63, 3.8) is 0 Å². The molecule has 1 heterocycles. The highest BCUT2D eigenvalue weighted by Crippen LogP contribution is 2.17. The second-order valence-corrected chi connectivity index (χ2v) is 3.47. The number of carboxylic acid groups (broad SMARTS) is 1. The van der Waals surface area contributed by atoms with Crippen LogP contribution in [-0.4, -0.2) is 53.6 Å². The molecule has 0 aromatic rings. The molecule has 5 N–H and O–H groups in total. The summed E-state index contributed by atoms with van der Waals surface area (Å²) in [5.41, 5.74) is 9.69. The minimum absolute atomic E-state index is 0.115. The average molecular weight is 247 g/mol. The Morgan fingerprint density at radius 2 is 1.65 bits per heavy atom. The van der Waals surface area contributed by atoms with E-state index < -0.39 is 30.5 Å². The molecule has 2 unspecified atom stereocenters. The summed E-state index contributed by atoms with van der Waals surface area (Å²) in [6.45, 7) is 0.0438. The lowest BCUT2D eigenvalue weighted by Gasteiger charge is -2.35. The maximum atomic E-state index is 10.7. The van der Waals surface area contributed by atoms with Crippen LogP contribution in [0.25, 0.3) is 0 Å². The monoisotopic (exact) mass is 247 g/mol. The summed E-state index contributed by atoms with van der Waals surface area (Å²) in [5.74, 6) is 0. The number of hydrogen-bond acceptors (Lipinski definition) is 5. The van der Waals surface area contributed by atoms with Crippen molar-refractivity contribution in [1.29, 1.82) is 0 Å². The molecule has 0 saturated carbocycles. The fourth-order valence-electron chi connectivity index (χ4n) is 1.62. The maximum Gasteiger partial charge on any atom is 0.407 e. The summed E-state index contributed by atoms with van der Waals surface area (Å²) in [6.07, 6.45) is -4.77. The number of carbonyl (C=O) groups is 3. The molecular formula is C8H13N3O6. The molecular weight excluding hydrogens is 234 g/mol. The number of rotatable bonds is 2. The van der Waals surface area contributed by atoms with Gasteiger partial charge in [0.1, 0.15) is 6.10 Å². The molecule has 0 radical (unpaired) electrons. The van der Waals surface area contributed by atoms with Crippen molar-refractivity contribution in [1.82, 2.24) is 4.90 Å². The van der Waals surface area contributed by atoms with Crippen LogP contribution < -0.4 is 11.5 Å². The van der Waals surface area contributed by atoms with Gasteiger partial charge in [0.15, 0.2) is 6.10 Å². The third-order valence-electron chi connectivity index (χ3n) is 2.30. The van der Waals surface area contributed by atoms with E-state index in [1.165, 1.54) is 0 Å². The lowest BCUT2D eigenvalue weighted by molar-refractivity contribution is -0.0442. The van der Waals surface area contributed by atoms with Crippen molar-refractivity contribution >= 4 is 18.3 Å². The van der Waals surface area contributed by atoms with Gasteiger partial charge in [-0.25, -0.2) is 14.4 Å². The predicted molar refractivity (Wildman–Crippen MR) is 53.1 cm³/mol. The summed E-state index contributed by atoms with van der Waals surface area (Å²) in [6, 6.07) is 0. The zero-order chi connectivity index (χ0) is 13.0. The Bertz CT molecular complexity index is 333. The summed E-state index contributed by atoms with van der Waals surface area (Å²) in [5, 5.41) is 8.78. The molecule has 0 aromatic carbocycles. The minimum Gasteiger partial charge on any atom is -0.465 e. The average Bonchev–Trinajstić information content (AvgIpc) is 2.18. The van der Waals surface area contributed by atoms with Crippen LogP contribution in [0.5, 0.6) is 0 Å². The third kappa shape index (κ3) is 3.70. The van der Waals surface area contributed by atoms with Gasteiger partial charge in [0.05, 0.1) is 6.54 Å². The van der Waals surface area contributed by atoms with E-state index in [2.05, 4.69) is 4.74 Å². The van der Waals surface area contributed by atoms with Crippen molar-refractivity contribution in [3.05, 3.63) is 0 Å². The first-order chi connectivity index (χ1) is 7.90. The molecule has 0 spiro atoms. The van der Waals surface area contributed by atoms with Gasteiger partial charge in [-0.3, -0.25) is 0 Å². The quantitative estimate of drug-likeness (QED) is 0.588. The molecule has 96 valence electrons. The first kappa shape index (κ1) is 12.9. The van der Waals surface area contributed by atoms with Crippen LogP contribution in [0, 0.1) is 0 Å². The molecule has 1 saturated heterocycles. The predicted octanol–water partition coefficient (Wildman–Crippen LogP) is -0.702. The standard InChI is InChI=1S/C8H13N3O6/c9-6(12)16-4-1-2-11(8(14)15)3-5(4)17-7(10)13/h4-5H,1-3H2,(H2,9,12)(H2,10,13)(H,14,15). The molecule has 0 aliphatic carbocycles. The van der Waals surface area contributed by atoms with E-state index in [9.17, 15) is 14.4 Å². The molecule has 1 aliphatic rings. The van der Waals surface area contributed by atoms with Crippen LogP contribution in [0.2, 0.25) is 0 Å². The summed E-state index contributed by atoms with van der Waals surface area (Å²) in [4.78, 5) is 33.0. The largest absolute Gasteiger partial charge is 0.465 e. The molecule has 17 heavy (non-hydrogen) atoms. The number of nitrogens with two attached hydrogens (primary N) is 2. The smallest absolute Gasteiger partial charge is 0.407 e. The third-order valence-corrected chi connectivity index (χ3v) is 2.30. The number of piperidine rings is 1. The zero-order valence-electron chi connectivity index (χ0n) is 8.87. The Morgan fingerprint density at radius 3 is 2.12 bits per heavy atom. The molecule has 9 nitrogen and oxygen atoms in total. The first-order valence-corrected chi connectivity index (χ1v) is 4.80. The van der Waals surface area contributed by atoms with E-state index in [-0.39, 0.29) is 19.5 Å². The van der Waals surface area contributed by atoms with E-state index >= 15 is 0 Å². The highest BCUT2D eigenvalue weighted by atomic mass is 16.6. The number of ether oxygens (including phenoxy) is 2. The Labute approximate surface area is 96.2 Å². The van der Waals surface area contributed by atoms with Crippen molar-refractivity contribution in [3.8, 4) is 0 Å². The summed E-state index contributed by atoms with van der Waals surface area (Å²) in [7, 11) is 0. The Kier molecular flexibility index (Phi) is 3.96. The van der Waals surface area contributed by atoms with E-state index in [4.69, 9.17) is 21.3 Å². The number of hydrogen-bond donors (Lipinski definition) is 3. The van der Waals surface area contributed by atoms with Crippen molar-refractivity contribution in [2.45, 2.75) is 18.6 Å². The normalized spacial score (nSPS) is 23.9. The summed E-state index contributed by atoms with van der Waals surface area (Å²) < 4.78 is 9.41. The number of amides is 3. The van der Waals surface area contributed by atoms with Crippen LogP contribution in [0.4, 0.5) is 14.4 Å². The van der Waals surface area contributed by atoms with Crippen LogP contribution in [0.15, 0.2) is 0 Å². The van der Waals surface area contributed by atoms with Gasteiger partial charge in [0.25, 0.3) is 0 Å². The highest BCUT2D eigenvalue weighted by molar-refractivity contribution is 5.67. The molecule has 1 aliphatic heterocycles. The number of primary amides is 2. The van der Waals surface area contributed by atoms with Gasteiger partial charge in [0, 0.05) is 13.0 Å². The van der Waals surface area contributed by atoms with Crippen LogP contribution in [0.3, 0.4) is 0 Å². The van der Waals surface area contributed by atoms with Crippen molar-refractivity contribution in [2.24, 2.45) is 11.5 Å². The molecule has 2 atom stereocenters. The Hall–Kier alpha value is -2.19. The highest BCUT2D eigenvalue weighted by Gasteiger charge is 2.36. The van der Waals surface area contributed by atoms with E-state index in [0.29, 0.717) is 0 Å². The van der Waals surface area contributed by atoms with Crippen LogP contribution in [0.1, 0.15) is 6.42 Å². The minimum atomic E-state index is -1.15. The van der Waals surface area contributed by atoms with Gasteiger partial charge in [-0.05, 0) is 0 Å². The fourth-order valence-corrected chi connectivity index (χ4v) is 1.62. The van der Waals surface area contributed by atoms with Crippen LogP contribution in [-0.2, 0) is 9.47 Å². The van der Waals surface area contributed by atoms with Crippen molar-refractivity contribution in [2.75, 3.05) is 13.1 Å². The lowest BCUT2D eigenvalue weighted by atomic mass is 10.1. The van der Waals surface area contributed by atoms with E-state index in [1.807, 2.05) is 0 Å². The van der Waals surface area contributed by atoms with Gasteiger partial charge >= 0.3 is 18.3 Å². The number of carbonyl (C=O) groups excluding carboxylic acids is 2. The maximum absolute atomic E-state index is 10.7. The molecule has 9 heteroatoms. The molecule has 3 amide bonds. The zero-order valence-corrected chi connectivity index (χ0v) is 8.87. The molecule has 1 fully saturated rings. The first-order valence-electron chi connectivity index (χ1n) is 4.80. The van der Waals surface area contributed by atoms with E-state index in [0.717, 1.165) is 4.90 Å². The van der Waals surface area contributed by atoms with Gasteiger partial charge in [-0.1, -0.05) is 0 Å². The number of nitrogens with zero attached hydrogens (tertiary/aromatic N) is 1. The SMILES string of the molecule is NC(=O)OC1CCN(C(=O)O)CC1OC(N)=O. The second-order valence-electron chi connectivity index (χ2n) is 3.47. The molecule has 0 bridgehead atoms. The van der Waals surface area contributed by atoms with Crippen molar-refractivity contribution < 1.29 is 29.0 Å². The van der Waals surface area contributed by atoms with E-state index in [1.54, 1.807) is 0 Å². The van der Waals surface area contributed by atoms with Gasteiger partial charge < -0.3 is 30.9 Å². The Balaban J connectivity index is 2.68. The molecule has 0 aromatic heterocycles.